The molecule has 1 aromatic carbocycles. The van der Waals surface area contributed by atoms with E-state index in [4.69, 9.17) is 26.2 Å². The van der Waals surface area contributed by atoms with Gasteiger partial charge in [0.1, 0.15) is 0 Å². The van der Waals surface area contributed by atoms with Gasteiger partial charge >= 0.3 is 5.97 Å². The average Bonchev–Trinajstić information content (AvgIpc) is 2.38. The number of hydrogen-bond donors (Lipinski definition) is 2. The van der Waals surface area contributed by atoms with E-state index in [1.165, 1.54) is 26.4 Å². The lowest BCUT2D eigenvalue weighted by Gasteiger charge is -2.12. The first-order valence-corrected chi connectivity index (χ1v) is 5.79. The third-order valence-corrected chi connectivity index (χ3v) is 2.63. The second-order valence-corrected chi connectivity index (χ2v) is 4.04. The molecule has 0 saturated carbocycles. The zero-order valence-electron chi connectivity index (χ0n) is 10.5. The van der Waals surface area contributed by atoms with Crippen LogP contribution in [0.3, 0.4) is 0 Å². The van der Waals surface area contributed by atoms with E-state index in [0.717, 1.165) is 0 Å². The quantitative estimate of drug-likeness (QED) is 0.837. The highest BCUT2D eigenvalue weighted by Gasteiger charge is 2.12. The Hall–Kier alpha value is -1.95. The van der Waals surface area contributed by atoms with Gasteiger partial charge in [-0.05, 0) is 0 Å². The first-order chi connectivity index (χ1) is 8.97. The fourth-order valence-corrected chi connectivity index (χ4v) is 1.58. The van der Waals surface area contributed by atoms with Crippen LogP contribution in [0.25, 0.3) is 0 Å². The van der Waals surface area contributed by atoms with Crippen LogP contribution in [0.2, 0.25) is 5.02 Å². The summed E-state index contributed by atoms with van der Waals surface area (Å²) >= 11 is 5.98. The Morgan fingerprint density at radius 2 is 1.79 bits per heavy atom. The summed E-state index contributed by atoms with van der Waals surface area (Å²) in [6.07, 6.45) is -0.364. The van der Waals surface area contributed by atoms with Crippen molar-refractivity contribution in [3.8, 4) is 11.5 Å². The molecule has 0 radical (unpaired) electrons. The Balaban J connectivity index is 2.83. The molecule has 104 valence electrons. The van der Waals surface area contributed by atoms with Crippen molar-refractivity contribution in [2.75, 3.05) is 19.5 Å². The molecular formula is C12H14ClNO5. The molecule has 1 amide bonds. The van der Waals surface area contributed by atoms with Crippen molar-refractivity contribution in [2.45, 2.75) is 12.8 Å². The van der Waals surface area contributed by atoms with E-state index in [1.54, 1.807) is 0 Å². The van der Waals surface area contributed by atoms with Gasteiger partial charge in [-0.15, -0.1) is 0 Å². The number of halogens is 1. The minimum Gasteiger partial charge on any atom is -0.493 e. The Morgan fingerprint density at radius 3 is 2.32 bits per heavy atom. The van der Waals surface area contributed by atoms with E-state index in [-0.39, 0.29) is 17.9 Å². The van der Waals surface area contributed by atoms with E-state index >= 15 is 0 Å². The number of ether oxygens (including phenoxy) is 2. The number of amides is 1. The second kappa shape index (κ2) is 6.84. The molecule has 1 aromatic rings. The lowest BCUT2D eigenvalue weighted by atomic mass is 10.2. The molecule has 0 saturated heterocycles. The maximum absolute atomic E-state index is 11.5. The molecule has 1 rings (SSSR count). The highest BCUT2D eigenvalue weighted by atomic mass is 35.5. The van der Waals surface area contributed by atoms with Crippen molar-refractivity contribution >= 4 is 29.2 Å². The maximum Gasteiger partial charge on any atom is 0.303 e. The van der Waals surface area contributed by atoms with Crippen LogP contribution in [0.15, 0.2) is 12.1 Å². The molecular weight excluding hydrogens is 274 g/mol. The molecule has 19 heavy (non-hydrogen) atoms. The number of carboxylic acids is 1. The number of carboxylic acid groups (broad SMARTS) is 1. The first-order valence-electron chi connectivity index (χ1n) is 5.41. The third kappa shape index (κ3) is 4.33. The first kappa shape index (κ1) is 15.1. The lowest BCUT2D eigenvalue weighted by Crippen LogP contribution is -2.13. The number of hydrogen-bond acceptors (Lipinski definition) is 4. The number of methoxy groups -OCH3 is 2. The number of aliphatic carboxylic acids is 1. The molecule has 0 heterocycles. The monoisotopic (exact) mass is 287 g/mol. The minimum absolute atomic E-state index is 0.125. The average molecular weight is 288 g/mol. The number of nitrogens with one attached hydrogen (secondary N) is 1. The highest BCUT2D eigenvalue weighted by molar-refractivity contribution is 6.34. The van der Waals surface area contributed by atoms with E-state index < -0.39 is 11.9 Å². The molecule has 0 unspecified atom stereocenters. The smallest absolute Gasteiger partial charge is 0.303 e. The van der Waals surface area contributed by atoms with Gasteiger partial charge < -0.3 is 19.9 Å². The SMILES string of the molecule is COc1cc(Cl)c(NC(=O)CCC(=O)O)cc1OC. The predicted octanol–water partition coefficient (Wildman–Crippen LogP) is 2.16. The number of benzene rings is 1. The van der Waals surface area contributed by atoms with Crippen molar-refractivity contribution < 1.29 is 24.2 Å². The number of carbonyl (C=O) groups excluding carboxylic acids is 1. The molecule has 0 fully saturated rings. The number of carbonyl (C=O) groups is 2. The largest absolute Gasteiger partial charge is 0.493 e. The Kier molecular flexibility index (Phi) is 5.44. The summed E-state index contributed by atoms with van der Waals surface area (Å²) in [6, 6.07) is 3.02. The maximum atomic E-state index is 11.5. The zero-order chi connectivity index (χ0) is 14.4. The summed E-state index contributed by atoms with van der Waals surface area (Å²) in [4.78, 5) is 21.9. The molecule has 0 aliphatic rings. The molecule has 0 aliphatic carbocycles. The van der Waals surface area contributed by atoms with E-state index in [0.29, 0.717) is 17.2 Å². The van der Waals surface area contributed by atoms with Gasteiger partial charge in [0.15, 0.2) is 11.5 Å². The Labute approximate surface area is 115 Å². The zero-order valence-corrected chi connectivity index (χ0v) is 11.3. The number of anilines is 1. The van der Waals surface area contributed by atoms with Gasteiger partial charge in [0.25, 0.3) is 0 Å². The standard InChI is InChI=1S/C12H14ClNO5/c1-18-9-5-7(13)8(6-10(9)19-2)14-11(15)3-4-12(16)17/h5-6H,3-4H2,1-2H3,(H,14,15)(H,16,17). The van der Waals surface area contributed by atoms with Gasteiger partial charge in [-0.2, -0.15) is 0 Å². The number of rotatable bonds is 6. The molecule has 0 atom stereocenters. The van der Waals surface area contributed by atoms with Gasteiger partial charge in [-0.3, -0.25) is 9.59 Å². The van der Waals surface area contributed by atoms with Crippen molar-refractivity contribution in [1.29, 1.82) is 0 Å². The van der Waals surface area contributed by atoms with Crippen LogP contribution in [0.1, 0.15) is 12.8 Å². The Morgan fingerprint density at radius 1 is 1.21 bits per heavy atom. The van der Waals surface area contributed by atoms with Crippen LogP contribution in [0.5, 0.6) is 11.5 Å². The molecule has 0 bridgehead atoms. The lowest BCUT2D eigenvalue weighted by molar-refractivity contribution is -0.138. The molecule has 0 aromatic heterocycles. The van der Waals surface area contributed by atoms with Gasteiger partial charge in [-0.1, -0.05) is 11.6 Å². The van der Waals surface area contributed by atoms with Crippen LogP contribution >= 0.6 is 11.6 Å². The van der Waals surface area contributed by atoms with Crippen molar-refractivity contribution in [1.82, 2.24) is 0 Å². The predicted molar refractivity (Wildman–Crippen MR) is 70.1 cm³/mol. The normalized spacial score (nSPS) is 9.84. The van der Waals surface area contributed by atoms with Crippen molar-refractivity contribution in [3.05, 3.63) is 17.2 Å². The van der Waals surface area contributed by atoms with Crippen LogP contribution in [0.4, 0.5) is 5.69 Å². The van der Waals surface area contributed by atoms with E-state index in [2.05, 4.69) is 5.32 Å². The van der Waals surface area contributed by atoms with E-state index in [9.17, 15) is 9.59 Å². The van der Waals surface area contributed by atoms with Gasteiger partial charge in [0, 0.05) is 18.6 Å². The minimum atomic E-state index is -1.03. The van der Waals surface area contributed by atoms with Gasteiger partial charge in [-0.25, -0.2) is 0 Å². The molecule has 6 nitrogen and oxygen atoms in total. The summed E-state index contributed by atoms with van der Waals surface area (Å²) in [5, 5.41) is 11.3. The topological polar surface area (TPSA) is 84.9 Å². The second-order valence-electron chi connectivity index (χ2n) is 3.63. The third-order valence-electron chi connectivity index (χ3n) is 2.31. The summed E-state index contributed by atoms with van der Waals surface area (Å²) in [5.74, 6) is -0.610. The van der Waals surface area contributed by atoms with Crippen molar-refractivity contribution in [2.24, 2.45) is 0 Å². The molecule has 0 spiro atoms. The van der Waals surface area contributed by atoms with Crippen LogP contribution in [-0.4, -0.2) is 31.2 Å². The summed E-state index contributed by atoms with van der Waals surface area (Å²) < 4.78 is 10.1. The van der Waals surface area contributed by atoms with E-state index in [1.807, 2.05) is 0 Å². The summed E-state index contributed by atoms with van der Waals surface area (Å²) in [6.45, 7) is 0. The summed E-state index contributed by atoms with van der Waals surface area (Å²) in [5.41, 5.74) is 0.342. The summed E-state index contributed by atoms with van der Waals surface area (Å²) in [7, 11) is 2.93. The van der Waals surface area contributed by atoms with Gasteiger partial charge in [0.05, 0.1) is 31.4 Å². The van der Waals surface area contributed by atoms with Gasteiger partial charge in [0.2, 0.25) is 5.91 Å². The highest BCUT2D eigenvalue weighted by Crippen LogP contribution is 2.36. The Bertz CT molecular complexity index is 489. The van der Waals surface area contributed by atoms with Crippen LogP contribution in [0, 0.1) is 0 Å². The molecule has 2 N–H and O–H groups in total. The molecule has 0 aliphatic heterocycles. The fourth-order valence-electron chi connectivity index (χ4n) is 1.38. The van der Waals surface area contributed by atoms with Crippen LogP contribution < -0.4 is 14.8 Å². The van der Waals surface area contributed by atoms with Crippen LogP contribution in [-0.2, 0) is 9.59 Å². The molecule has 7 heteroatoms. The van der Waals surface area contributed by atoms with Crippen molar-refractivity contribution in [3.63, 3.8) is 0 Å². The fraction of sp³-hybridized carbons (Fsp3) is 0.333.